The van der Waals surface area contributed by atoms with Crippen LogP contribution in [0.2, 0.25) is 0 Å². The molecule has 0 saturated carbocycles. The summed E-state index contributed by atoms with van der Waals surface area (Å²) in [4.78, 5) is 0. The molecular weight excluding hydrogens is 677 g/mol. The molecule has 0 amide bonds. The van der Waals surface area contributed by atoms with Crippen LogP contribution in [0.4, 0.5) is 0 Å². The van der Waals surface area contributed by atoms with Crippen molar-refractivity contribution in [3.05, 3.63) is 0 Å². The molecule has 0 spiro atoms. The maximum absolute atomic E-state index is 0. The van der Waals surface area contributed by atoms with E-state index in [0.717, 1.165) is 0 Å². The Balaban J connectivity index is 0. The van der Waals surface area contributed by atoms with Crippen molar-refractivity contribution in [3.63, 3.8) is 0 Å². The van der Waals surface area contributed by atoms with Crippen molar-refractivity contribution >= 4 is 91.0 Å². The molecule has 0 aromatic heterocycles. The Morgan fingerprint density at radius 1 is 0.308 bits per heavy atom. The van der Waals surface area contributed by atoms with Gasteiger partial charge in [-0.3, -0.25) is 0 Å². The summed E-state index contributed by atoms with van der Waals surface area (Å²) in [5.41, 5.74) is 0. The molecule has 0 aliphatic rings. The van der Waals surface area contributed by atoms with E-state index in [4.69, 9.17) is 0 Å². The van der Waals surface area contributed by atoms with Crippen LogP contribution in [0.5, 0.6) is 0 Å². The molecule has 0 aliphatic heterocycles. The Kier molecular flexibility index (Phi) is 1830. The van der Waals surface area contributed by atoms with Gasteiger partial charge < -0.3 is 38.3 Å². The van der Waals surface area contributed by atoms with Crippen LogP contribution >= 0.6 is 0 Å². The third-order valence-corrected chi connectivity index (χ3v) is 0. The summed E-state index contributed by atoms with van der Waals surface area (Å²) in [5, 5.41) is 0. The van der Waals surface area contributed by atoms with E-state index in [1.165, 1.54) is 0 Å². The van der Waals surface area contributed by atoms with Crippen LogP contribution in [0.15, 0.2) is 0 Å². The second-order valence-electron chi connectivity index (χ2n) is 0. The molecule has 0 heterocycles. The van der Waals surface area contributed by atoms with Gasteiger partial charge in [0.15, 0.2) is 0 Å². The van der Waals surface area contributed by atoms with Gasteiger partial charge in [0.05, 0.1) is 0 Å². The van der Waals surface area contributed by atoms with Gasteiger partial charge in [-0.05, 0) is 0 Å². The first-order chi connectivity index (χ1) is 0. The molecule has 13 heteroatoms. The predicted octanol–water partition coefficient (Wildman–Crippen LogP) is -1.60. The molecule has 0 aliphatic carbocycles. The second kappa shape index (κ2) is 142. The van der Waals surface area contributed by atoms with Crippen LogP contribution < -0.4 is 0 Å². The van der Waals surface area contributed by atoms with Crippen molar-refractivity contribution in [1.29, 1.82) is 0 Å². The fraction of sp³-hybridized carbons (Fsp3) is 0. The number of hydrogen-bond donors (Lipinski definition) is 0. The Bertz CT molecular complexity index is 22.5. The first-order valence-corrected chi connectivity index (χ1v) is 0. The maximum atomic E-state index is 0. The fourth-order valence-corrected chi connectivity index (χ4v) is 0. The molecule has 68 valence electrons. The van der Waals surface area contributed by atoms with Crippen molar-refractivity contribution in [1.82, 2.24) is 0 Å². The first kappa shape index (κ1) is 168. The van der Waals surface area contributed by atoms with Crippen LogP contribution in [0, 0.1) is 71.2 Å². The van der Waals surface area contributed by atoms with Gasteiger partial charge in [-0.1, -0.05) is 0 Å². The monoisotopic (exact) mass is 677 g/mol. The van der Waals surface area contributed by atoms with E-state index >= 15 is 0 Å². The zero-order valence-corrected chi connectivity index (χ0v) is 22.5. The summed E-state index contributed by atoms with van der Waals surface area (Å²) >= 11 is 0. The minimum atomic E-state index is 0. The molecule has 0 saturated heterocycles. The summed E-state index contributed by atoms with van der Waals surface area (Å²) in [6, 6.07) is 0. The van der Waals surface area contributed by atoms with Gasteiger partial charge in [-0.15, -0.1) is 0 Å². The normalized spacial score (nSPS) is 0. The van der Waals surface area contributed by atoms with Gasteiger partial charge in [-0.2, -0.15) is 0 Å². The molecule has 0 aromatic rings. The zero-order chi connectivity index (χ0) is 0. The van der Waals surface area contributed by atoms with Crippen LogP contribution in [0.1, 0.15) is 0 Å². The van der Waals surface area contributed by atoms with Gasteiger partial charge >= 0.3 is 196 Å². The van der Waals surface area contributed by atoms with Crippen LogP contribution in [0.25, 0.3) is 0 Å². The fourth-order valence-electron chi connectivity index (χ4n) is 0. The molecule has 13 heavy (non-hydrogen) atoms. The molecule has 0 atom stereocenters. The van der Waals surface area contributed by atoms with Crippen molar-refractivity contribution in [2.24, 2.45) is 0 Å². The summed E-state index contributed by atoms with van der Waals surface area (Å²) in [5.74, 6) is 0. The average Bonchev–Trinajstić information content (AvgIpc) is 0. The standard InChI is InChI=1S/2Fe.2La.7O.2Sr/q2*+2;2*+3;7*-2;2*+2. The number of hydrogen-bond acceptors (Lipinski definition) is 0. The number of rotatable bonds is 0. The Morgan fingerprint density at radius 2 is 0.308 bits per heavy atom. The van der Waals surface area contributed by atoms with Crippen LogP contribution in [-0.4, -0.2) is 91.0 Å². The molecular formula is Fe2La2O7Sr2. The van der Waals surface area contributed by atoms with Gasteiger partial charge in [0.25, 0.3) is 0 Å². The van der Waals surface area contributed by atoms with E-state index in [-0.39, 0.29) is 235 Å². The molecule has 7 nitrogen and oxygen atoms in total. The maximum Gasteiger partial charge on any atom is 3.00 e. The van der Waals surface area contributed by atoms with Crippen LogP contribution in [-0.2, 0) is 72.5 Å². The average molecular weight is 677 g/mol. The largest absolute Gasteiger partial charge is 3.00 e. The summed E-state index contributed by atoms with van der Waals surface area (Å²) in [7, 11) is 0. The minimum absolute atomic E-state index is 0. The van der Waals surface area contributed by atoms with E-state index in [9.17, 15) is 0 Å². The second-order valence-corrected chi connectivity index (χ2v) is 0. The van der Waals surface area contributed by atoms with Gasteiger partial charge in [0.1, 0.15) is 0 Å². The molecule has 0 aromatic carbocycles. The quantitative estimate of drug-likeness (QED) is 0.267. The van der Waals surface area contributed by atoms with Gasteiger partial charge in [0.2, 0.25) is 0 Å². The minimum Gasteiger partial charge on any atom is -2.00 e. The van der Waals surface area contributed by atoms with E-state index in [1.807, 2.05) is 0 Å². The first-order valence-electron chi connectivity index (χ1n) is 0. The van der Waals surface area contributed by atoms with Gasteiger partial charge in [-0.25, -0.2) is 0 Å². The molecule has 0 bridgehead atoms. The smallest absolute Gasteiger partial charge is 2.00 e. The van der Waals surface area contributed by atoms with E-state index in [1.54, 1.807) is 0 Å². The third kappa shape index (κ3) is 126. The van der Waals surface area contributed by atoms with E-state index in [2.05, 4.69) is 0 Å². The van der Waals surface area contributed by atoms with E-state index < -0.39 is 0 Å². The Morgan fingerprint density at radius 3 is 0.308 bits per heavy atom. The zero-order valence-electron chi connectivity index (χ0n) is 6.13. The topological polar surface area (TPSA) is 200 Å². The predicted molar refractivity (Wildman–Crippen MR) is 16.3 cm³/mol. The third-order valence-electron chi connectivity index (χ3n) is 0. The molecule has 0 rings (SSSR count). The Labute approximate surface area is 228 Å². The SMILES string of the molecule is [Fe+2].[Fe+2].[La+3].[La+3].[O-2].[O-2].[O-2].[O-2].[O-2].[O-2].[O-2].[Sr+2].[Sr+2]. The van der Waals surface area contributed by atoms with E-state index in [0.29, 0.717) is 0 Å². The van der Waals surface area contributed by atoms with Crippen molar-refractivity contribution in [2.75, 3.05) is 0 Å². The molecule has 0 unspecified atom stereocenters. The van der Waals surface area contributed by atoms with Crippen molar-refractivity contribution < 1.29 is 144 Å². The van der Waals surface area contributed by atoms with Crippen molar-refractivity contribution in [3.8, 4) is 0 Å². The molecule has 0 fully saturated rings. The van der Waals surface area contributed by atoms with Crippen LogP contribution in [0.3, 0.4) is 0 Å². The summed E-state index contributed by atoms with van der Waals surface area (Å²) in [6.07, 6.45) is 0. The van der Waals surface area contributed by atoms with Gasteiger partial charge in [0, 0.05) is 0 Å². The Hall–Kier alpha value is 6.11. The van der Waals surface area contributed by atoms with Crippen molar-refractivity contribution in [2.45, 2.75) is 0 Å². The molecule has 0 N–H and O–H groups in total. The summed E-state index contributed by atoms with van der Waals surface area (Å²) < 4.78 is 0. The summed E-state index contributed by atoms with van der Waals surface area (Å²) in [6.45, 7) is 0. The molecule has 0 radical (unpaired) electrons.